The van der Waals surface area contributed by atoms with E-state index in [1.807, 2.05) is 71.6 Å². The van der Waals surface area contributed by atoms with E-state index in [2.05, 4.69) is 48.5 Å². The monoisotopic (exact) mass is 463 g/mol. The van der Waals surface area contributed by atoms with E-state index in [1.54, 1.807) is 0 Å². The summed E-state index contributed by atoms with van der Waals surface area (Å²) in [5, 5.41) is 0. The molecular formula is C31H29NO3. The minimum atomic E-state index is -0.708. The van der Waals surface area contributed by atoms with Crippen molar-refractivity contribution in [2.45, 2.75) is 25.2 Å². The molecule has 5 rings (SSSR count). The van der Waals surface area contributed by atoms with Crippen molar-refractivity contribution in [3.63, 3.8) is 0 Å². The maximum absolute atomic E-state index is 13.0. The van der Waals surface area contributed by atoms with Crippen LogP contribution in [-0.4, -0.2) is 24.0 Å². The van der Waals surface area contributed by atoms with Crippen molar-refractivity contribution in [2.24, 2.45) is 0 Å². The zero-order valence-corrected chi connectivity index (χ0v) is 19.7. The van der Waals surface area contributed by atoms with Gasteiger partial charge in [0.05, 0.1) is 0 Å². The Morgan fingerprint density at radius 2 is 1.29 bits per heavy atom. The smallest absolute Gasteiger partial charge is 0.248 e. The van der Waals surface area contributed by atoms with Crippen LogP contribution in [0.5, 0.6) is 5.75 Å². The van der Waals surface area contributed by atoms with Gasteiger partial charge in [-0.1, -0.05) is 103 Å². The number of carbonyl (C=O) groups is 1. The highest BCUT2D eigenvalue weighted by molar-refractivity contribution is 5.78. The Morgan fingerprint density at radius 3 is 1.94 bits per heavy atom. The van der Waals surface area contributed by atoms with Gasteiger partial charge in [-0.15, -0.1) is 0 Å². The predicted octanol–water partition coefficient (Wildman–Crippen LogP) is 5.96. The molecule has 35 heavy (non-hydrogen) atoms. The normalized spacial score (nSPS) is 18.2. The topological polar surface area (TPSA) is 38.8 Å². The molecule has 0 saturated carbocycles. The lowest BCUT2D eigenvalue weighted by molar-refractivity contribution is -0.137. The molecule has 4 nitrogen and oxygen atoms in total. The van der Waals surface area contributed by atoms with E-state index < -0.39 is 5.60 Å². The van der Waals surface area contributed by atoms with Crippen LogP contribution in [0.1, 0.15) is 28.7 Å². The molecular weight excluding hydrogens is 434 g/mol. The average Bonchev–Trinajstić information content (AvgIpc) is 3.09. The second-order valence-corrected chi connectivity index (χ2v) is 8.83. The number of rotatable bonds is 7. The van der Waals surface area contributed by atoms with Crippen molar-refractivity contribution in [2.75, 3.05) is 13.2 Å². The number of ether oxygens (including phenoxy) is 2. The first-order chi connectivity index (χ1) is 17.2. The maximum atomic E-state index is 13.0. The van der Waals surface area contributed by atoms with Crippen LogP contribution >= 0.6 is 0 Å². The van der Waals surface area contributed by atoms with Crippen molar-refractivity contribution < 1.29 is 14.3 Å². The molecule has 1 atom stereocenters. The van der Waals surface area contributed by atoms with Crippen LogP contribution in [0.3, 0.4) is 0 Å². The second-order valence-electron chi connectivity index (χ2n) is 8.83. The molecule has 0 N–H and O–H groups in total. The minimum Gasteiger partial charge on any atom is -0.489 e. The summed E-state index contributed by atoms with van der Waals surface area (Å²) < 4.78 is 12.5. The molecule has 1 fully saturated rings. The van der Waals surface area contributed by atoms with Crippen LogP contribution < -0.4 is 4.74 Å². The number of amides is 1. The third kappa shape index (κ3) is 5.28. The molecule has 176 valence electrons. The molecule has 1 aliphatic rings. The molecule has 1 amide bonds. The van der Waals surface area contributed by atoms with Gasteiger partial charge in [-0.3, -0.25) is 4.79 Å². The van der Waals surface area contributed by atoms with E-state index >= 15 is 0 Å². The first-order valence-electron chi connectivity index (χ1n) is 12.0. The molecule has 1 saturated heterocycles. The summed E-state index contributed by atoms with van der Waals surface area (Å²) in [6.45, 7) is 1.74. The molecule has 4 heteroatoms. The van der Waals surface area contributed by atoms with E-state index in [-0.39, 0.29) is 12.5 Å². The number of hydrogen-bond acceptors (Lipinski definition) is 3. The number of benzene rings is 4. The van der Waals surface area contributed by atoms with Crippen molar-refractivity contribution >= 4 is 5.91 Å². The van der Waals surface area contributed by atoms with Gasteiger partial charge in [-0.2, -0.15) is 0 Å². The first kappa shape index (κ1) is 22.9. The molecule has 0 radical (unpaired) electrons. The van der Waals surface area contributed by atoms with E-state index in [4.69, 9.17) is 9.47 Å². The van der Waals surface area contributed by atoms with E-state index in [0.29, 0.717) is 26.1 Å². The molecule has 1 heterocycles. The summed E-state index contributed by atoms with van der Waals surface area (Å²) >= 11 is 0. The SMILES string of the molecule is O=C1COC(c2ccccc2)(c2ccc(OCc3ccccc3)cc2)CCN1Cc1ccccc1. The van der Waals surface area contributed by atoms with Crippen LogP contribution in [0.25, 0.3) is 0 Å². The lowest BCUT2D eigenvalue weighted by Gasteiger charge is -2.33. The third-order valence-electron chi connectivity index (χ3n) is 6.55. The summed E-state index contributed by atoms with van der Waals surface area (Å²) in [7, 11) is 0. The Morgan fingerprint density at radius 1 is 0.714 bits per heavy atom. The van der Waals surface area contributed by atoms with Crippen molar-refractivity contribution in [3.05, 3.63) is 138 Å². The van der Waals surface area contributed by atoms with Crippen molar-refractivity contribution in [1.29, 1.82) is 0 Å². The lowest BCUT2D eigenvalue weighted by Crippen LogP contribution is -2.32. The zero-order valence-electron chi connectivity index (χ0n) is 19.7. The molecule has 0 aliphatic carbocycles. The van der Waals surface area contributed by atoms with Gasteiger partial charge in [0, 0.05) is 19.5 Å². The summed E-state index contributed by atoms with van der Waals surface area (Å²) in [4.78, 5) is 14.9. The fourth-order valence-corrected chi connectivity index (χ4v) is 4.63. The number of nitrogens with zero attached hydrogens (tertiary/aromatic N) is 1. The highest BCUT2D eigenvalue weighted by Gasteiger charge is 2.39. The van der Waals surface area contributed by atoms with E-state index in [9.17, 15) is 4.79 Å². The summed E-state index contributed by atoms with van der Waals surface area (Å²) in [6.07, 6.45) is 0.666. The van der Waals surface area contributed by atoms with Gasteiger partial charge < -0.3 is 14.4 Å². The van der Waals surface area contributed by atoms with Gasteiger partial charge in [0.2, 0.25) is 5.91 Å². The van der Waals surface area contributed by atoms with E-state index in [1.165, 1.54) is 0 Å². The number of carbonyl (C=O) groups excluding carboxylic acids is 1. The minimum absolute atomic E-state index is 0.00877. The Labute approximate surface area is 206 Å². The quantitative estimate of drug-likeness (QED) is 0.340. The van der Waals surface area contributed by atoms with Crippen molar-refractivity contribution in [1.82, 2.24) is 4.90 Å². The van der Waals surface area contributed by atoms with Gasteiger partial charge >= 0.3 is 0 Å². The highest BCUT2D eigenvalue weighted by atomic mass is 16.5. The Hall–Kier alpha value is -3.89. The molecule has 0 aromatic heterocycles. The maximum Gasteiger partial charge on any atom is 0.248 e. The zero-order chi connectivity index (χ0) is 23.9. The van der Waals surface area contributed by atoms with Crippen LogP contribution in [0, 0.1) is 0 Å². The van der Waals surface area contributed by atoms with Gasteiger partial charge in [-0.25, -0.2) is 0 Å². The lowest BCUT2D eigenvalue weighted by atomic mass is 9.83. The van der Waals surface area contributed by atoms with Gasteiger partial charge in [-0.05, 0) is 34.4 Å². The summed E-state index contributed by atoms with van der Waals surface area (Å²) in [5.74, 6) is 0.811. The molecule has 4 aromatic carbocycles. The standard InChI is InChI=1S/C31H29NO3/c33-30-24-35-31(27-14-8-3-9-15-27,20-21-32(30)22-25-10-4-1-5-11-25)28-16-18-29(19-17-28)34-23-26-12-6-2-7-13-26/h1-19H,20-24H2. The number of hydrogen-bond donors (Lipinski definition) is 0. The van der Waals surface area contributed by atoms with Crippen LogP contribution in [0.2, 0.25) is 0 Å². The average molecular weight is 464 g/mol. The van der Waals surface area contributed by atoms with Crippen LogP contribution in [-0.2, 0) is 28.3 Å². The molecule has 1 unspecified atom stereocenters. The molecule has 0 bridgehead atoms. The van der Waals surface area contributed by atoms with Gasteiger partial charge in [0.15, 0.2) is 0 Å². The Balaban J connectivity index is 1.39. The first-order valence-corrected chi connectivity index (χ1v) is 12.0. The van der Waals surface area contributed by atoms with Gasteiger partial charge in [0.1, 0.15) is 24.6 Å². The Bertz CT molecular complexity index is 1230. The Kier molecular flexibility index (Phi) is 6.92. The molecule has 1 aliphatic heterocycles. The van der Waals surface area contributed by atoms with Crippen molar-refractivity contribution in [3.8, 4) is 5.75 Å². The predicted molar refractivity (Wildman–Crippen MR) is 137 cm³/mol. The van der Waals surface area contributed by atoms with Crippen LogP contribution in [0.15, 0.2) is 115 Å². The molecule has 0 spiro atoms. The fourth-order valence-electron chi connectivity index (χ4n) is 4.63. The largest absolute Gasteiger partial charge is 0.489 e. The summed E-state index contributed by atoms with van der Waals surface area (Å²) in [5.41, 5.74) is 3.60. The van der Waals surface area contributed by atoms with Gasteiger partial charge in [0.25, 0.3) is 0 Å². The third-order valence-corrected chi connectivity index (χ3v) is 6.55. The molecule has 4 aromatic rings. The highest BCUT2D eigenvalue weighted by Crippen LogP contribution is 2.39. The van der Waals surface area contributed by atoms with Crippen LogP contribution in [0.4, 0.5) is 0 Å². The second kappa shape index (κ2) is 10.6. The van der Waals surface area contributed by atoms with E-state index in [0.717, 1.165) is 28.0 Å². The fraction of sp³-hybridized carbons (Fsp3) is 0.194. The summed E-state index contributed by atoms with van der Waals surface area (Å²) in [6, 6.07) is 38.5.